The van der Waals surface area contributed by atoms with E-state index in [9.17, 15) is 14.4 Å². The van der Waals surface area contributed by atoms with Crippen LogP contribution >= 0.6 is 11.8 Å². The van der Waals surface area contributed by atoms with Crippen LogP contribution in [0.5, 0.6) is 0 Å². The highest BCUT2D eigenvalue weighted by molar-refractivity contribution is 8.13. The summed E-state index contributed by atoms with van der Waals surface area (Å²) in [4.78, 5) is 32.2. The molecule has 0 rings (SSSR count). The number of hydrogen-bond acceptors (Lipinski definition) is 5. The second-order valence-electron chi connectivity index (χ2n) is 2.84. The van der Waals surface area contributed by atoms with Crippen LogP contribution in [-0.2, 0) is 19.1 Å². The molecule has 0 aromatic carbocycles. The summed E-state index contributed by atoms with van der Waals surface area (Å²) in [6.07, 6.45) is 1.41. The second-order valence-corrected chi connectivity index (χ2v) is 3.99. The molecule has 0 aliphatic carbocycles. The van der Waals surface area contributed by atoms with Crippen molar-refractivity contribution in [3.05, 3.63) is 12.7 Å². The first-order valence-corrected chi connectivity index (χ1v) is 5.68. The predicted octanol–water partition coefficient (Wildman–Crippen LogP) is 1.23. The number of carboxylic acid groups (broad SMARTS) is 1. The van der Waals surface area contributed by atoms with Gasteiger partial charge in [-0.05, 0) is 0 Å². The van der Waals surface area contributed by atoms with Crippen LogP contribution in [0.25, 0.3) is 0 Å². The van der Waals surface area contributed by atoms with Crippen LogP contribution in [0.3, 0.4) is 0 Å². The predicted molar refractivity (Wildman–Crippen MR) is 60.1 cm³/mol. The van der Waals surface area contributed by atoms with Crippen molar-refractivity contribution < 1.29 is 24.2 Å². The van der Waals surface area contributed by atoms with Crippen LogP contribution < -0.4 is 0 Å². The molecular formula is C10H14O5S. The lowest BCUT2D eigenvalue weighted by Gasteiger charge is -2.01. The molecular weight excluding hydrogens is 232 g/mol. The maximum atomic E-state index is 11.1. The highest BCUT2D eigenvalue weighted by Gasteiger charge is 2.08. The van der Waals surface area contributed by atoms with E-state index in [-0.39, 0.29) is 31.0 Å². The molecule has 0 heterocycles. The summed E-state index contributed by atoms with van der Waals surface area (Å²) in [5.41, 5.74) is 0. The minimum absolute atomic E-state index is 0.0122. The first kappa shape index (κ1) is 14.7. The molecule has 5 nitrogen and oxygen atoms in total. The Labute approximate surface area is 97.8 Å². The maximum absolute atomic E-state index is 11.1. The van der Waals surface area contributed by atoms with E-state index in [4.69, 9.17) is 9.84 Å². The summed E-state index contributed by atoms with van der Waals surface area (Å²) < 4.78 is 4.70. The molecule has 90 valence electrons. The van der Waals surface area contributed by atoms with Crippen LogP contribution in [0, 0.1) is 0 Å². The monoisotopic (exact) mass is 246 g/mol. The van der Waals surface area contributed by atoms with Crippen LogP contribution in [0.15, 0.2) is 12.7 Å². The molecule has 0 saturated carbocycles. The van der Waals surface area contributed by atoms with Crippen molar-refractivity contribution in [1.82, 2.24) is 0 Å². The van der Waals surface area contributed by atoms with Crippen molar-refractivity contribution in [3.8, 4) is 0 Å². The molecule has 0 amide bonds. The highest BCUT2D eigenvalue weighted by atomic mass is 32.2. The first-order valence-electron chi connectivity index (χ1n) is 4.70. The number of aliphatic carboxylic acids is 1. The molecule has 0 aliphatic rings. The molecule has 0 aromatic heterocycles. The van der Waals surface area contributed by atoms with Crippen LogP contribution in [0.2, 0.25) is 0 Å². The van der Waals surface area contributed by atoms with Gasteiger partial charge in [0.05, 0.1) is 12.8 Å². The Kier molecular flexibility index (Phi) is 8.24. The zero-order valence-corrected chi connectivity index (χ0v) is 9.62. The Morgan fingerprint density at radius 3 is 2.50 bits per heavy atom. The minimum Gasteiger partial charge on any atom is -0.481 e. The van der Waals surface area contributed by atoms with E-state index in [1.807, 2.05) is 0 Å². The lowest BCUT2D eigenvalue weighted by molar-refractivity contribution is -0.142. The summed E-state index contributed by atoms with van der Waals surface area (Å²) in [6, 6.07) is 0. The third kappa shape index (κ3) is 9.26. The summed E-state index contributed by atoms with van der Waals surface area (Å²) in [5.74, 6) is -1.08. The fourth-order valence-corrected chi connectivity index (χ4v) is 1.50. The summed E-state index contributed by atoms with van der Waals surface area (Å²) in [7, 11) is 0. The highest BCUT2D eigenvalue weighted by Crippen LogP contribution is 2.09. The van der Waals surface area contributed by atoms with Crippen LogP contribution in [0.4, 0.5) is 0 Å². The number of ether oxygens (including phenoxy) is 1. The van der Waals surface area contributed by atoms with Gasteiger partial charge in [-0.2, -0.15) is 0 Å². The van der Waals surface area contributed by atoms with E-state index in [0.717, 1.165) is 11.8 Å². The van der Waals surface area contributed by atoms with Crippen molar-refractivity contribution in [2.24, 2.45) is 0 Å². The number of hydrogen-bond donors (Lipinski definition) is 1. The van der Waals surface area contributed by atoms with Crippen molar-refractivity contribution in [3.63, 3.8) is 0 Å². The zero-order chi connectivity index (χ0) is 12.4. The Morgan fingerprint density at radius 1 is 1.25 bits per heavy atom. The number of esters is 1. The van der Waals surface area contributed by atoms with Crippen LogP contribution in [0.1, 0.15) is 19.3 Å². The number of carboxylic acids is 1. The average Bonchev–Trinajstić information content (AvgIpc) is 2.23. The van der Waals surface area contributed by atoms with Crippen molar-refractivity contribution in [2.75, 3.05) is 12.4 Å². The van der Waals surface area contributed by atoms with E-state index in [1.54, 1.807) is 0 Å². The molecule has 0 fully saturated rings. The Morgan fingerprint density at radius 2 is 1.94 bits per heavy atom. The largest absolute Gasteiger partial charge is 0.481 e. The van der Waals surface area contributed by atoms with Gasteiger partial charge in [-0.3, -0.25) is 14.4 Å². The Bertz CT molecular complexity index is 274. The molecule has 0 aliphatic heterocycles. The molecule has 0 radical (unpaired) electrons. The molecule has 0 bridgehead atoms. The molecule has 0 aromatic rings. The minimum atomic E-state index is -1.00. The maximum Gasteiger partial charge on any atom is 0.306 e. The van der Waals surface area contributed by atoms with Crippen LogP contribution in [-0.4, -0.2) is 34.5 Å². The van der Waals surface area contributed by atoms with Gasteiger partial charge in [-0.25, -0.2) is 0 Å². The van der Waals surface area contributed by atoms with Gasteiger partial charge in [0.2, 0.25) is 0 Å². The number of carbonyl (C=O) groups is 3. The first-order chi connectivity index (χ1) is 7.56. The third-order valence-electron chi connectivity index (χ3n) is 1.47. The molecule has 6 heteroatoms. The SMILES string of the molecule is C=CCOC(=O)CCSC(=O)CCC(=O)O. The van der Waals surface area contributed by atoms with E-state index in [0.29, 0.717) is 5.75 Å². The van der Waals surface area contributed by atoms with E-state index >= 15 is 0 Å². The molecule has 0 atom stereocenters. The quantitative estimate of drug-likeness (QED) is 0.512. The summed E-state index contributed by atoms with van der Waals surface area (Å²) >= 11 is 0.951. The second kappa shape index (κ2) is 8.96. The Balaban J connectivity index is 3.50. The normalized spacial score (nSPS) is 9.50. The summed E-state index contributed by atoms with van der Waals surface area (Å²) in [6.45, 7) is 3.55. The van der Waals surface area contributed by atoms with Gasteiger partial charge in [0.1, 0.15) is 6.61 Å². The number of thioether (sulfide) groups is 1. The molecule has 16 heavy (non-hydrogen) atoms. The van der Waals surface area contributed by atoms with Gasteiger partial charge in [0.25, 0.3) is 0 Å². The molecule has 0 unspecified atom stereocenters. The number of carbonyl (C=O) groups excluding carboxylic acids is 2. The zero-order valence-electron chi connectivity index (χ0n) is 8.81. The fraction of sp³-hybridized carbons (Fsp3) is 0.500. The van der Waals surface area contributed by atoms with Crippen molar-refractivity contribution >= 4 is 28.8 Å². The Hall–Kier alpha value is -1.30. The average molecular weight is 246 g/mol. The molecule has 1 N–H and O–H groups in total. The van der Waals surface area contributed by atoms with Crippen molar-refractivity contribution in [1.29, 1.82) is 0 Å². The lowest BCUT2D eigenvalue weighted by Crippen LogP contribution is -2.07. The molecule has 0 saturated heterocycles. The van der Waals surface area contributed by atoms with Gasteiger partial charge < -0.3 is 9.84 Å². The number of rotatable bonds is 8. The van der Waals surface area contributed by atoms with E-state index < -0.39 is 11.9 Å². The summed E-state index contributed by atoms with van der Waals surface area (Å²) in [5, 5.41) is 8.10. The fourth-order valence-electron chi connectivity index (χ4n) is 0.753. The van der Waals surface area contributed by atoms with Gasteiger partial charge in [-0.15, -0.1) is 0 Å². The molecule has 0 spiro atoms. The van der Waals surface area contributed by atoms with E-state index in [1.165, 1.54) is 6.08 Å². The van der Waals surface area contributed by atoms with Gasteiger partial charge in [-0.1, -0.05) is 24.4 Å². The van der Waals surface area contributed by atoms with Gasteiger partial charge in [0.15, 0.2) is 5.12 Å². The third-order valence-corrected chi connectivity index (χ3v) is 2.41. The lowest BCUT2D eigenvalue weighted by atomic mass is 10.3. The topological polar surface area (TPSA) is 80.7 Å². The van der Waals surface area contributed by atoms with Gasteiger partial charge >= 0.3 is 11.9 Å². The standard InChI is InChI=1S/C10H14O5S/c1-2-6-15-9(13)5-7-16-10(14)4-3-8(11)12/h2H,1,3-7H2,(H,11,12). The van der Waals surface area contributed by atoms with E-state index in [2.05, 4.69) is 6.58 Å². The smallest absolute Gasteiger partial charge is 0.306 e. The van der Waals surface area contributed by atoms with Crippen molar-refractivity contribution in [2.45, 2.75) is 19.3 Å². The van der Waals surface area contributed by atoms with Gasteiger partial charge in [0, 0.05) is 12.2 Å².